The molecule has 21 heavy (non-hydrogen) atoms. The van der Waals surface area contributed by atoms with Gasteiger partial charge in [0.2, 0.25) is 0 Å². The SMILES string of the molecule is O=C(NC1CCOCC1)c1cc(S(=O)(=O)Cl)c(Br)cc1Cl. The van der Waals surface area contributed by atoms with Crippen LogP contribution in [0.4, 0.5) is 0 Å². The smallest absolute Gasteiger partial charge is 0.262 e. The number of carbonyl (C=O) groups is 1. The molecule has 5 nitrogen and oxygen atoms in total. The Morgan fingerprint density at radius 1 is 1.33 bits per heavy atom. The molecule has 1 aromatic rings. The predicted molar refractivity (Wildman–Crippen MR) is 83.5 cm³/mol. The molecule has 1 saturated heterocycles. The third-order valence-electron chi connectivity index (χ3n) is 3.09. The average molecular weight is 417 g/mol. The van der Waals surface area contributed by atoms with Gasteiger partial charge in [0.05, 0.1) is 15.5 Å². The number of hydrogen-bond donors (Lipinski definition) is 1. The molecule has 0 unspecified atom stereocenters. The van der Waals surface area contributed by atoms with E-state index in [2.05, 4.69) is 21.2 Å². The molecule has 1 aromatic carbocycles. The first-order valence-corrected chi connectivity index (χ1v) is 9.59. The lowest BCUT2D eigenvalue weighted by Gasteiger charge is -2.23. The molecular formula is C12H12BrCl2NO4S. The van der Waals surface area contributed by atoms with Gasteiger partial charge in [0.25, 0.3) is 15.0 Å². The molecule has 1 aliphatic heterocycles. The zero-order valence-corrected chi connectivity index (χ0v) is 14.6. The van der Waals surface area contributed by atoms with Gasteiger partial charge in [-0.25, -0.2) is 8.42 Å². The van der Waals surface area contributed by atoms with Crippen LogP contribution in [0.2, 0.25) is 5.02 Å². The normalized spacial score (nSPS) is 16.7. The Kier molecular flexibility index (Phi) is 5.54. The number of nitrogens with one attached hydrogen (secondary N) is 1. The van der Waals surface area contributed by atoms with Gasteiger partial charge in [-0.2, -0.15) is 0 Å². The minimum atomic E-state index is -3.97. The van der Waals surface area contributed by atoms with Gasteiger partial charge in [-0.05, 0) is 40.9 Å². The van der Waals surface area contributed by atoms with Gasteiger partial charge in [-0.3, -0.25) is 4.79 Å². The molecule has 0 atom stereocenters. The predicted octanol–water partition coefficient (Wildman–Crippen LogP) is 2.94. The van der Waals surface area contributed by atoms with Gasteiger partial charge in [0.15, 0.2) is 0 Å². The fraction of sp³-hybridized carbons (Fsp3) is 0.417. The van der Waals surface area contributed by atoms with Crippen LogP contribution < -0.4 is 5.32 Å². The van der Waals surface area contributed by atoms with Crippen LogP contribution in [0.5, 0.6) is 0 Å². The molecule has 0 aliphatic carbocycles. The summed E-state index contributed by atoms with van der Waals surface area (Å²) in [5, 5.41) is 2.97. The second kappa shape index (κ2) is 6.83. The third kappa shape index (κ3) is 4.32. The topological polar surface area (TPSA) is 72.5 Å². The first kappa shape index (κ1) is 17.0. The zero-order valence-electron chi connectivity index (χ0n) is 10.7. The highest BCUT2D eigenvalue weighted by Gasteiger charge is 2.23. The van der Waals surface area contributed by atoms with Gasteiger partial charge in [0.1, 0.15) is 0 Å². The molecule has 1 fully saturated rings. The Bertz CT molecular complexity index is 659. The maximum Gasteiger partial charge on any atom is 0.262 e. The lowest BCUT2D eigenvalue weighted by atomic mass is 10.1. The van der Waals surface area contributed by atoms with E-state index < -0.39 is 15.0 Å². The maximum atomic E-state index is 12.2. The van der Waals surface area contributed by atoms with E-state index in [9.17, 15) is 13.2 Å². The number of benzene rings is 1. The van der Waals surface area contributed by atoms with Gasteiger partial charge in [-0.1, -0.05) is 11.6 Å². The fourth-order valence-corrected chi connectivity index (χ4v) is 4.57. The highest BCUT2D eigenvalue weighted by atomic mass is 79.9. The van der Waals surface area contributed by atoms with Crippen LogP contribution >= 0.6 is 38.2 Å². The molecular weight excluding hydrogens is 405 g/mol. The summed E-state index contributed by atoms with van der Waals surface area (Å²) in [7, 11) is 1.36. The summed E-state index contributed by atoms with van der Waals surface area (Å²) in [6.07, 6.45) is 1.42. The molecule has 2 rings (SSSR count). The molecule has 9 heteroatoms. The van der Waals surface area contributed by atoms with Crippen LogP contribution in [0.15, 0.2) is 21.5 Å². The van der Waals surface area contributed by atoms with Crippen LogP contribution in [0.3, 0.4) is 0 Å². The standard InChI is InChI=1S/C12H12BrCl2NO4S/c13-9-6-10(14)8(5-11(9)21(15,18)19)12(17)16-7-1-3-20-4-2-7/h5-7H,1-4H2,(H,16,17). The largest absolute Gasteiger partial charge is 0.381 e. The summed E-state index contributed by atoms with van der Waals surface area (Å²) in [5.41, 5.74) is 0.0746. The summed E-state index contributed by atoms with van der Waals surface area (Å²) < 4.78 is 28.4. The number of ether oxygens (including phenoxy) is 1. The van der Waals surface area contributed by atoms with E-state index in [4.69, 9.17) is 27.0 Å². The first-order chi connectivity index (χ1) is 9.79. The molecule has 1 aliphatic rings. The third-order valence-corrected chi connectivity index (χ3v) is 5.68. The second-order valence-electron chi connectivity index (χ2n) is 4.56. The fourth-order valence-electron chi connectivity index (χ4n) is 2.00. The van der Waals surface area contributed by atoms with Gasteiger partial charge >= 0.3 is 0 Å². The molecule has 116 valence electrons. The highest BCUT2D eigenvalue weighted by Crippen LogP contribution is 2.31. The molecule has 0 radical (unpaired) electrons. The molecule has 1 amide bonds. The van der Waals surface area contributed by atoms with Crippen LogP contribution in [0.25, 0.3) is 0 Å². The minimum Gasteiger partial charge on any atom is -0.381 e. The molecule has 0 saturated carbocycles. The van der Waals surface area contributed by atoms with Crippen molar-refractivity contribution < 1.29 is 17.9 Å². The average Bonchev–Trinajstić information content (AvgIpc) is 2.38. The summed E-state index contributed by atoms with van der Waals surface area (Å²) in [5.74, 6) is -0.430. The van der Waals surface area contributed by atoms with E-state index in [-0.39, 0.29) is 26.0 Å². The molecule has 1 heterocycles. The van der Waals surface area contributed by atoms with E-state index in [0.29, 0.717) is 26.1 Å². The lowest BCUT2D eigenvalue weighted by molar-refractivity contribution is 0.0696. The Morgan fingerprint density at radius 3 is 2.52 bits per heavy atom. The van der Waals surface area contributed by atoms with Crippen molar-refractivity contribution in [3.8, 4) is 0 Å². The van der Waals surface area contributed by atoms with Crippen LogP contribution in [-0.4, -0.2) is 33.6 Å². The van der Waals surface area contributed by atoms with E-state index in [1.165, 1.54) is 12.1 Å². The first-order valence-electron chi connectivity index (χ1n) is 6.11. The Hall–Kier alpha value is -0.340. The number of amides is 1. The quantitative estimate of drug-likeness (QED) is 0.768. The van der Waals surface area contributed by atoms with E-state index >= 15 is 0 Å². The lowest BCUT2D eigenvalue weighted by Crippen LogP contribution is -2.39. The molecule has 1 N–H and O–H groups in total. The number of rotatable bonds is 3. The zero-order chi connectivity index (χ0) is 15.6. The Morgan fingerprint density at radius 2 is 1.95 bits per heavy atom. The van der Waals surface area contributed by atoms with Crippen molar-refractivity contribution in [1.29, 1.82) is 0 Å². The minimum absolute atomic E-state index is 0.0120. The van der Waals surface area contributed by atoms with Crippen molar-refractivity contribution in [3.63, 3.8) is 0 Å². The van der Waals surface area contributed by atoms with Gasteiger partial charge < -0.3 is 10.1 Å². The van der Waals surface area contributed by atoms with Crippen molar-refractivity contribution in [3.05, 3.63) is 27.2 Å². The van der Waals surface area contributed by atoms with E-state index in [1.54, 1.807) is 0 Å². The van der Waals surface area contributed by atoms with Gasteiger partial charge in [-0.15, -0.1) is 0 Å². The number of carbonyl (C=O) groups excluding carboxylic acids is 1. The van der Waals surface area contributed by atoms with Crippen molar-refractivity contribution in [1.82, 2.24) is 5.32 Å². The summed E-state index contributed by atoms with van der Waals surface area (Å²) >= 11 is 9.08. The monoisotopic (exact) mass is 415 g/mol. The maximum absolute atomic E-state index is 12.2. The molecule has 0 bridgehead atoms. The van der Waals surface area contributed by atoms with Crippen LogP contribution in [0, 0.1) is 0 Å². The second-order valence-corrected chi connectivity index (χ2v) is 8.36. The van der Waals surface area contributed by atoms with Crippen molar-refractivity contribution in [2.75, 3.05) is 13.2 Å². The number of halogens is 3. The summed E-state index contributed by atoms with van der Waals surface area (Å²) in [6, 6.07) is 2.50. The van der Waals surface area contributed by atoms with Crippen molar-refractivity contribution in [2.24, 2.45) is 0 Å². The summed E-state index contributed by atoms with van der Waals surface area (Å²) in [4.78, 5) is 12.0. The molecule has 0 aromatic heterocycles. The van der Waals surface area contributed by atoms with Crippen molar-refractivity contribution in [2.45, 2.75) is 23.8 Å². The van der Waals surface area contributed by atoms with E-state index in [1.807, 2.05) is 0 Å². The molecule has 0 spiro atoms. The number of hydrogen-bond acceptors (Lipinski definition) is 4. The Labute approximate surface area is 140 Å². The van der Waals surface area contributed by atoms with E-state index in [0.717, 1.165) is 0 Å². The van der Waals surface area contributed by atoms with Gasteiger partial charge in [0, 0.05) is 34.4 Å². The van der Waals surface area contributed by atoms with Crippen LogP contribution in [0.1, 0.15) is 23.2 Å². The Balaban J connectivity index is 2.28. The highest BCUT2D eigenvalue weighted by molar-refractivity contribution is 9.10. The van der Waals surface area contributed by atoms with Crippen molar-refractivity contribution >= 4 is 53.2 Å². The van der Waals surface area contributed by atoms with Crippen LogP contribution in [-0.2, 0) is 13.8 Å². The summed E-state index contributed by atoms with van der Waals surface area (Å²) in [6.45, 7) is 1.17.